The topological polar surface area (TPSA) is 29.1 Å². The third kappa shape index (κ3) is 8.48. The zero-order valence-electron chi connectivity index (χ0n) is 11.7. The lowest BCUT2D eigenvalue weighted by molar-refractivity contribution is -0.118. The van der Waals surface area contributed by atoms with Gasteiger partial charge < -0.3 is 5.32 Å². The number of rotatable bonds is 10. The fourth-order valence-corrected chi connectivity index (χ4v) is 2.10. The van der Waals surface area contributed by atoms with E-state index >= 15 is 0 Å². The van der Waals surface area contributed by atoms with Crippen molar-refractivity contribution in [2.24, 2.45) is 5.41 Å². The van der Waals surface area contributed by atoms with Gasteiger partial charge in [-0.3, -0.25) is 4.79 Å². The quantitative estimate of drug-likeness (QED) is 0.465. The van der Waals surface area contributed by atoms with E-state index in [2.05, 4.69) is 26.1 Å². The van der Waals surface area contributed by atoms with E-state index in [1.54, 1.807) is 0 Å². The first-order valence-corrected chi connectivity index (χ1v) is 7.44. The van der Waals surface area contributed by atoms with Crippen molar-refractivity contribution in [2.75, 3.05) is 12.4 Å². The van der Waals surface area contributed by atoms with Crippen LogP contribution in [0.1, 0.15) is 65.7 Å². The van der Waals surface area contributed by atoms with Crippen LogP contribution in [0.3, 0.4) is 0 Å². The molecule has 0 rings (SSSR count). The molecule has 3 heteroatoms. The second-order valence-corrected chi connectivity index (χ2v) is 5.48. The molecule has 17 heavy (non-hydrogen) atoms. The maximum absolute atomic E-state index is 11.0. The number of nitrogens with one attached hydrogen (secondary N) is 1. The average molecular weight is 262 g/mol. The second kappa shape index (κ2) is 9.76. The lowest BCUT2D eigenvalue weighted by Gasteiger charge is -2.28. The number of carbonyl (C=O) groups is 1. The molecular weight excluding hydrogens is 234 g/mol. The van der Waals surface area contributed by atoms with Gasteiger partial charge in [0.1, 0.15) is 5.88 Å². The van der Waals surface area contributed by atoms with Gasteiger partial charge in [0.25, 0.3) is 0 Å². The predicted molar refractivity (Wildman–Crippen MR) is 75.5 cm³/mol. The average Bonchev–Trinajstić information content (AvgIpc) is 2.34. The number of alkyl halides is 1. The van der Waals surface area contributed by atoms with Crippen molar-refractivity contribution in [1.82, 2.24) is 5.32 Å². The Labute approximate surface area is 111 Å². The van der Waals surface area contributed by atoms with Gasteiger partial charge in [0.2, 0.25) is 5.91 Å². The van der Waals surface area contributed by atoms with Crippen LogP contribution in [0.4, 0.5) is 0 Å². The molecule has 0 aliphatic rings. The third-order valence-electron chi connectivity index (χ3n) is 3.66. The molecule has 0 saturated carbocycles. The van der Waals surface area contributed by atoms with Crippen LogP contribution in [0.2, 0.25) is 0 Å². The molecule has 0 aliphatic heterocycles. The van der Waals surface area contributed by atoms with Gasteiger partial charge in [0.05, 0.1) is 0 Å². The monoisotopic (exact) mass is 261 g/mol. The van der Waals surface area contributed by atoms with Crippen LogP contribution in [0.5, 0.6) is 0 Å². The molecule has 0 heterocycles. The van der Waals surface area contributed by atoms with Crippen molar-refractivity contribution in [3.63, 3.8) is 0 Å². The lowest BCUT2D eigenvalue weighted by Crippen LogP contribution is -2.29. The van der Waals surface area contributed by atoms with Gasteiger partial charge in [-0.15, -0.1) is 11.6 Å². The first kappa shape index (κ1) is 16.8. The Morgan fingerprint density at radius 2 is 1.88 bits per heavy atom. The molecule has 0 aromatic rings. The summed E-state index contributed by atoms with van der Waals surface area (Å²) in [4.78, 5) is 11.0. The molecule has 1 atom stereocenters. The molecule has 0 aromatic heterocycles. The van der Waals surface area contributed by atoms with Crippen molar-refractivity contribution in [3.05, 3.63) is 0 Å². The van der Waals surface area contributed by atoms with Crippen LogP contribution < -0.4 is 5.32 Å². The predicted octanol–water partition coefficient (Wildman–Crippen LogP) is 4.12. The minimum atomic E-state index is -0.0592. The van der Waals surface area contributed by atoms with Gasteiger partial charge in [0.15, 0.2) is 0 Å². The summed E-state index contributed by atoms with van der Waals surface area (Å²) < 4.78 is 0. The van der Waals surface area contributed by atoms with Crippen LogP contribution in [0.15, 0.2) is 0 Å². The Bertz CT molecular complexity index is 208. The van der Waals surface area contributed by atoms with Gasteiger partial charge in [-0.05, 0) is 18.3 Å². The van der Waals surface area contributed by atoms with E-state index in [0.29, 0.717) is 5.41 Å². The van der Waals surface area contributed by atoms with Gasteiger partial charge in [-0.2, -0.15) is 0 Å². The zero-order chi connectivity index (χ0) is 13.1. The highest BCUT2D eigenvalue weighted by molar-refractivity contribution is 6.27. The molecule has 102 valence electrons. The summed E-state index contributed by atoms with van der Waals surface area (Å²) in [5.74, 6) is 0.00962. The van der Waals surface area contributed by atoms with Gasteiger partial charge in [-0.1, -0.05) is 52.9 Å². The van der Waals surface area contributed by atoms with E-state index in [0.717, 1.165) is 13.0 Å². The van der Waals surface area contributed by atoms with Crippen LogP contribution in [0.25, 0.3) is 0 Å². The maximum atomic E-state index is 11.0. The summed E-state index contributed by atoms with van der Waals surface area (Å²) in [6.07, 6.45) is 8.76. The Morgan fingerprint density at radius 3 is 2.41 bits per heavy atom. The fraction of sp³-hybridized carbons (Fsp3) is 0.929. The number of hydrogen-bond donors (Lipinski definition) is 1. The molecule has 0 bridgehead atoms. The normalized spacial score (nSPS) is 14.4. The molecule has 0 aliphatic carbocycles. The summed E-state index contributed by atoms with van der Waals surface area (Å²) in [6, 6.07) is 0. The molecule has 0 aromatic carbocycles. The minimum Gasteiger partial charge on any atom is -0.355 e. The lowest BCUT2D eigenvalue weighted by atomic mass is 9.79. The molecule has 2 nitrogen and oxygen atoms in total. The van der Waals surface area contributed by atoms with Crippen LogP contribution in [-0.4, -0.2) is 18.3 Å². The molecule has 0 saturated heterocycles. The molecular formula is C14H28ClNO. The number of unbranched alkanes of at least 4 members (excludes halogenated alkanes) is 3. The first-order chi connectivity index (χ1) is 8.08. The van der Waals surface area contributed by atoms with E-state index in [1.807, 2.05) is 0 Å². The SMILES string of the molecule is CCCCCCC(C)(CC)CCNC(=O)CCl. The van der Waals surface area contributed by atoms with E-state index in [4.69, 9.17) is 11.6 Å². The Hall–Kier alpha value is -0.240. The van der Waals surface area contributed by atoms with Crippen molar-refractivity contribution < 1.29 is 4.79 Å². The summed E-state index contributed by atoms with van der Waals surface area (Å²) >= 11 is 5.44. The smallest absolute Gasteiger partial charge is 0.234 e. The maximum Gasteiger partial charge on any atom is 0.234 e. The standard InChI is InChI=1S/C14H28ClNO/c1-4-6-7-8-9-14(3,5-2)10-11-16-13(17)12-15/h4-12H2,1-3H3,(H,16,17). The van der Waals surface area contributed by atoms with Gasteiger partial charge >= 0.3 is 0 Å². The Kier molecular flexibility index (Phi) is 9.62. The van der Waals surface area contributed by atoms with Crippen LogP contribution in [0, 0.1) is 5.41 Å². The molecule has 1 N–H and O–H groups in total. The Balaban J connectivity index is 3.80. The number of carbonyl (C=O) groups excluding carboxylic acids is 1. The summed E-state index contributed by atoms with van der Waals surface area (Å²) in [7, 11) is 0. The largest absolute Gasteiger partial charge is 0.355 e. The molecule has 0 spiro atoms. The highest BCUT2D eigenvalue weighted by atomic mass is 35.5. The molecule has 1 amide bonds. The van der Waals surface area contributed by atoms with E-state index in [1.165, 1.54) is 38.5 Å². The zero-order valence-corrected chi connectivity index (χ0v) is 12.4. The van der Waals surface area contributed by atoms with E-state index in [9.17, 15) is 4.79 Å². The highest BCUT2D eigenvalue weighted by Gasteiger charge is 2.21. The third-order valence-corrected chi connectivity index (χ3v) is 3.90. The van der Waals surface area contributed by atoms with Crippen molar-refractivity contribution >= 4 is 17.5 Å². The molecule has 0 fully saturated rings. The Morgan fingerprint density at radius 1 is 1.18 bits per heavy atom. The second-order valence-electron chi connectivity index (χ2n) is 5.21. The minimum absolute atomic E-state index is 0.0592. The van der Waals surface area contributed by atoms with Crippen molar-refractivity contribution in [2.45, 2.75) is 65.7 Å². The highest BCUT2D eigenvalue weighted by Crippen LogP contribution is 2.31. The van der Waals surface area contributed by atoms with Gasteiger partial charge in [0, 0.05) is 6.54 Å². The number of hydrogen-bond acceptors (Lipinski definition) is 1. The molecule has 0 radical (unpaired) electrons. The van der Waals surface area contributed by atoms with Crippen molar-refractivity contribution in [3.8, 4) is 0 Å². The fourth-order valence-electron chi connectivity index (χ4n) is 2.01. The van der Waals surface area contributed by atoms with Gasteiger partial charge in [-0.25, -0.2) is 0 Å². The summed E-state index contributed by atoms with van der Waals surface area (Å²) in [5.41, 5.74) is 0.368. The van der Waals surface area contributed by atoms with E-state index in [-0.39, 0.29) is 11.8 Å². The van der Waals surface area contributed by atoms with Crippen LogP contribution >= 0.6 is 11.6 Å². The number of halogens is 1. The van der Waals surface area contributed by atoms with Crippen LogP contribution in [-0.2, 0) is 4.79 Å². The van der Waals surface area contributed by atoms with E-state index < -0.39 is 0 Å². The number of amides is 1. The summed E-state index contributed by atoms with van der Waals surface area (Å²) in [5, 5.41) is 2.85. The van der Waals surface area contributed by atoms with Crippen molar-refractivity contribution in [1.29, 1.82) is 0 Å². The summed E-state index contributed by atoms with van der Waals surface area (Å²) in [6.45, 7) is 7.55. The molecule has 1 unspecified atom stereocenters. The first-order valence-electron chi connectivity index (χ1n) is 6.90.